The third-order valence-electron chi connectivity index (χ3n) is 2.33. The zero-order valence-electron chi connectivity index (χ0n) is 9.75. The lowest BCUT2D eigenvalue weighted by Crippen LogP contribution is -2.40. The predicted octanol–water partition coefficient (Wildman–Crippen LogP) is 0.0303. The van der Waals surface area contributed by atoms with Crippen molar-refractivity contribution in [3.05, 3.63) is 17.8 Å². The first-order chi connectivity index (χ1) is 7.97. The zero-order chi connectivity index (χ0) is 13.0. The lowest BCUT2D eigenvalue weighted by molar-refractivity contribution is -0.141. The third-order valence-corrected chi connectivity index (χ3v) is 2.33. The molecule has 92 valence electrons. The van der Waals surface area contributed by atoms with E-state index in [0.29, 0.717) is 0 Å². The van der Waals surface area contributed by atoms with Crippen LogP contribution in [0.1, 0.15) is 17.4 Å². The molecule has 0 saturated heterocycles. The Morgan fingerprint density at radius 2 is 2.06 bits per heavy atom. The Morgan fingerprint density at radius 3 is 2.47 bits per heavy atom. The summed E-state index contributed by atoms with van der Waals surface area (Å²) in [6.45, 7) is 1.41. The molecule has 0 aliphatic rings. The van der Waals surface area contributed by atoms with Gasteiger partial charge in [0.15, 0.2) is 5.69 Å². The number of aromatic nitrogens is 2. The smallest absolute Gasteiger partial charge is 0.326 e. The quantitative estimate of drug-likeness (QED) is 0.796. The number of hydrogen-bond donors (Lipinski definition) is 1. The van der Waals surface area contributed by atoms with Crippen LogP contribution < -0.4 is 4.74 Å². The Balaban J connectivity index is 2.85. The molecule has 0 aromatic carbocycles. The Kier molecular flexibility index (Phi) is 3.97. The summed E-state index contributed by atoms with van der Waals surface area (Å²) in [5.74, 6) is -1.30. The highest BCUT2D eigenvalue weighted by molar-refractivity contribution is 5.94. The number of hydrogen-bond acceptors (Lipinski definition) is 5. The van der Waals surface area contributed by atoms with E-state index in [1.807, 2.05) is 0 Å². The number of carbonyl (C=O) groups excluding carboxylic acids is 1. The third kappa shape index (κ3) is 2.90. The van der Waals surface area contributed by atoms with Crippen LogP contribution in [0, 0.1) is 0 Å². The number of carbonyl (C=O) groups is 2. The predicted molar refractivity (Wildman–Crippen MR) is 57.8 cm³/mol. The Morgan fingerprint density at radius 1 is 1.41 bits per heavy atom. The van der Waals surface area contributed by atoms with Crippen molar-refractivity contribution in [2.24, 2.45) is 0 Å². The van der Waals surface area contributed by atoms with Gasteiger partial charge in [0.05, 0.1) is 7.11 Å². The van der Waals surface area contributed by atoms with Gasteiger partial charge in [-0.2, -0.15) is 0 Å². The molecule has 0 aliphatic carbocycles. The van der Waals surface area contributed by atoms with Crippen molar-refractivity contribution in [1.29, 1.82) is 0 Å². The molecule has 0 aliphatic heterocycles. The van der Waals surface area contributed by atoms with E-state index < -0.39 is 17.9 Å². The molecule has 0 spiro atoms. The largest absolute Gasteiger partial charge is 0.480 e. The summed E-state index contributed by atoms with van der Waals surface area (Å²) in [7, 11) is 2.83. The molecule has 0 bridgehead atoms. The average Bonchev–Trinajstić information content (AvgIpc) is 2.36. The molecule has 1 N–H and O–H groups in total. The maximum Gasteiger partial charge on any atom is 0.326 e. The maximum atomic E-state index is 11.8. The minimum atomic E-state index is -1.08. The van der Waals surface area contributed by atoms with Crippen molar-refractivity contribution in [2.45, 2.75) is 13.0 Å². The highest BCUT2D eigenvalue weighted by Gasteiger charge is 2.23. The van der Waals surface area contributed by atoms with Crippen molar-refractivity contribution >= 4 is 11.9 Å². The molecule has 1 heterocycles. The van der Waals surface area contributed by atoms with Crippen LogP contribution in [-0.2, 0) is 4.79 Å². The number of methoxy groups -OCH3 is 1. The van der Waals surface area contributed by atoms with Crippen LogP contribution in [0.2, 0.25) is 0 Å². The summed E-state index contributed by atoms with van der Waals surface area (Å²) in [5, 5.41) is 16.1. The Hall–Kier alpha value is -2.18. The first kappa shape index (κ1) is 12.9. The standard InChI is InChI=1S/C10H13N3O4/c1-6(10(15)16)13(2)9(14)7-4-5-8(17-3)12-11-7/h4-6H,1-3H3,(H,15,16). The van der Waals surface area contributed by atoms with Crippen molar-refractivity contribution in [2.75, 3.05) is 14.2 Å². The van der Waals surface area contributed by atoms with Crippen LogP contribution in [0.15, 0.2) is 12.1 Å². The highest BCUT2D eigenvalue weighted by Crippen LogP contribution is 2.07. The second-order valence-corrected chi connectivity index (χ2v) is 3.39. The van der Waals surface area contributed by atoms with Crippen molar-refractivity contribution in [1.82, 2.24) is 15.1 Å². The number of rotatable bonds is 4. The minimum Gasteiger partial charge on any atom is -0.480 e. The number of likely N-dealkylation sites (N-methyl/N-ethyl adjacent to an activating group) is 1. The maximum absolute atomic E-state index is 11.8. The first-order valence-corrected chi connectivity index (χ1v) is 4.85. The minimum absolute atomic E-state index is 0.0707. The summed E-state index contributed by atoms with van der Waals surface area (Å²) in [4.78, 5) is 23.6. The van der Waals surface area contributed by atoms with Gasteiger partial charge < -0.3 is 14.7 Å². The van der Waals surface area contributed by atoms with E-state index in [0.717, 1.165) is 4.90 Å². The Bertz CT molecular complexity index is 418. The van der Waals surface area contributed by atoms with Crippen LogP contribution in [-0.4, -0.2) is 52.3 Å². The fourth-order valence-corrected chi connectivity index (χ4v) is 1.07. The molecule has 1 unspecified atom stereocenters. The van der Waals surface area contributed by atoms with Gasteiger partial charge >= 0.3 is 5.97 Å². The number of ether oxygens (including phenoxy) is 1. The summed E-state index contributed by atoms with van der Waals surface area (Å²) in [6, 6.07) is 1.99. The van der Waals surface area contributed by atoms with Gasteiger partial charge in [0, 0.05) is 13.1 Å². The molecule has 7 nitrogen and oxygen atoms in total. The number of amides is 1. The summed E-state index contributed by atoms with van der Waals surface area (Å²) < 4.78 is 4.80. The van der Waals surface area contributed by atoms with E-state index in [-0.39, 0.29) is 11.6 Å². The van der Waals surface area contributed by atoms with E-state index in [4.69, 9.17) is 9.84 Å². The van der Waals surface area contributed by atoms with Gasteiger partial charge in [-0.15, -0.1) is 10.2 Å². The lowest BCUT2D eigenvalue weighted by Gasteiger charge is -2.20. The van der Waals surface area contributed by atoms with Gasteiger partial charge in [0.1, 0.15) is 6.04 Å². The van der Waals surface area contributed by atoms with Crippen LogP contribution >= 0.6 is 0 Å². The fraction of sp³-hybridized carbons (Fsp3) is 0.400. The molecule has 1 aromatic rings. The van der Waals surface area contributed by atoms with E-state index in [1.165, 1.54) is 33.2 Å². The second-order valence-electron chi connectivity index (χ2n) is 3.39. The number of carboxylic acids is 1. The lowest BCUT2D eigenvalue weighted by atomic mass is 10.2. The molecule has 0 radical (unpaired) electrons. The highest BCUT2D eigenvalue weighted by atomic mass is 16.5. The topological polar surface area (TPSA) is 92.6 Å². The first-order valence-electron chi connectivity index (χ1n) is 4.85. The van der Waals surface area contributed by atoms with Gasteiger partial charge in [-0.05, 0) is 13.0 Å². The fourth-order valence-electron chi connectivity index (χ4n) is 1.07. The van der Waals surface area contributed by atoms with Crippen LogP contribution in [0.5, 0.6) is 5.88 Å². The summed E-state index contributed by atoms with van der Waals surface area (Å²) >= 11 is 0. The van der Waals surface area contributed by atoms with E-state index >= 15 is 0 Å². The number of nitrogens with zero attached hydrogens (tertiary/aromatic N) is 3. The molecule has 1 rings (SSSR count). The zero-order valence-corrected chi connectivity index (χ0v) is 9.75. The molecule has 1 aromatic heterocycles. The van der Waals surface area contributed by atoms with Crippen molar-refractivity contribution < 1.29 is 19.4 Å². The van der Waals surface area contributed by atoms with Crippen molar-refractivity contribution in [3.63, 3.8) is 0 Å². The molecule has 1 atom stereocenters. The van der Waals surface area contributed by atoms with Crippen LogP contribution in [0.3, 0.4) is 0 Å². The SMILES string of the molecule is COc1ccc(C(=O)N(C)C(C)C(=O)O)nn1. The Labute approximate surface area is 98.0 Å². The molecule has 17 heavy (non-hydrogen) atoms. The molecule has 7 heteroatoms. The number of carboxylic acid groups (broad SMARTS) is 1. The average molecular weight is 239 g/mol. The van der Waals surface area contributed by atoms with E-state index in [1.54, 1.807) is 0 Å². The molecular weight excluding hydrogens is 226 g/mol. The van der Waals surface area contributed by atoms with Gasteiger partial charge in [0.25, 0.3) is 5.91 Å². The van der Waals surface area contributed by atoms with Crippen molar-refractivity contribution in [3.8, 4) is 5.88 Å². The van der Waals surface area contributed by atoms with Crippen LogP contribution in [0.25, 0.3) is 0 Å². The molecule has 1 amide bonds. The normalized spacial score (nSPS) is 11.7. The van der Waals surface area contributed by atoms with Gasteiger partial charge in [-0.25, -0.2) is 4.79 Å². The molecule has 0 fully saturated rings. The van der Waals surface area contributed by atoms with Crippen LogP contribution in [0.4, 0.5) is 0 Å². The monoisotopic (exact) mass is 239 g/mol. The second kappa shape index (κ2) is 5.24. The van der Waals surface area contributed by atoms with Gasteiger partial charge in [-0.1, -0.05) is 0 Å². The molecule has 0 saturated carbocycles. The summed E-state index contributed by atoms with van der Waals surface area (Å²) in [5.41, 5.74) is 0.0707. The number of aliphatic carboxylic acids is 1. The van der Waals surface area contributed by atoms with E-state index in [9.17, 15) is 9.59 Å². The van der Waals surface area contributed by atoms with Gasteiger partial charge in [-0.3, -0.25) is 4.79 Å². The molecular formula is C10H13N3O4. The van der Waals surface area contributed by atoms with E-state index in [2.05, 4.69) is 10.2 Å². The van der Waals surface area contributed by atoms with Gasteiger partial charge in [0.2, 0.25) is 5.88 Å². The summed E-state index contributed by atoms with van der Waals surface area (Å²) in [6.07, 6.45) is 0.